The van der Waals surface area contributed by atoms with Gasteiger partial charge in [0.2, 0.25) is 0 Å². The summed E-state index contributed by atoms with van der Waals surface area (Å²) < 4.78 is 61.5. The van der Waals surface area contributed by atoms with Gasteiger partial charge in [-0.15, -0.1) is 0 Å². The molecule has 2 aliphatic rings. The van der Waals surface area contributed by atoms with Gasteiger partial charge < -0.3 is 0 Å². The van der Waals surface area contributed by atoms with E-state index in [1.807, 2.05) is 12.1 Å². The van der Waals surface area contributed by atoms with Crippen molar-refractivity contribution in [3.8, 4) is 22.3 Å². The molecule has 0 saturated heterocycles. The molecule has 0 spiro atoms. The van der Waals surface area contributed by atoms with Crippen molar-refractivity contribution in [3.63, 3.8) is 0 Å². The van der Waals surface area contributed by atoms with E-state index in [4.69, 9.17) is 0 Å². The average molecular weight is 509 g/mol. The van der Waals surface area contributed by atoms with Crippen molar-refractivity contribution in [2.45, 2.75) is 90.4 Å². The van der Waals surface area contributed by atoms with E-state index in [2.05, 4.69) is 13.8 Å². The third kappa shape index (κ3) is 4.96. The number of unbranched alkanes of at least 4 members (excludes halogenated alkanes) is 2. The van der Waals surface area contributed by atoms with Crippen LogP contribution in [0.5, 0.6) is 0 Å². The average Bonchev–Trinajstić information content (AvgIpc) is 3.28. The van der Waals surface area contributed by atoms with Gasteiger partial charge in [0, 0.05) is 16.7 Å². The second-order valence-corrected chi connectivity index (χ2v) is 11.1. The highest BCUT2D eigenvalue weighted by Crippen LogP contribution is 2.47. The van der Waals surface area contributed by atoms with E-state index in [1.165, 1.54) is 25.7 Å². The molecular formula is C33H36F4. The molecule has 37 heavy (non-hydrogen) atoms. The van der Waals surface area contributed by atoms with Gasteiger partial charge >= 0.3 is 0 Å². The second-order valence-electron chi connectivity index (χ2n) is 11.1. The Morgan fingerprint density at radius 1 is 0.703 bits per heavy atom. The molecule has 0 unspecified atom stereocenters. The first-order valence-corrected chi connectivity index (χ1v) is 14.0. The fraction of sp³-hybridized carbons (Fsp3) is 0.455. The lowest BCUT2D eigenvalue weighted by atomic mass is 9.76. The summed E-state index contributed by atoms with van der Waals surface area (Å²) in [5.74, 6) is -3.39. The number of hydrogen-bond acceptors (Lipinski definition) is 0. The minimum atomic E-state index is -1.09. The van der Waals surface area contributed by atoms with Crippen LogP contribution in [0.15, 0.2) is 36.4 Å². The van der Waals surface area contributed by atoms with Gasteiger partial charge in [-0.25, -0.2) is 17.6 Å². The highest BCUT2D eigenvalue weighted by molar-refractivity contribution is 5.82. The first kappa shape index (κ1) is 26.0. The highest BCUT2D eigenvalue weighted by Gasteiger charge is 2.34. The fourth-order valence-corrected chi connectivity index (χ4v) is 6.50. The van der Waals surface area contributed by atoms with Crippen LogP contribution >= 0.6 is 0 Å². The summed E-state index contributed by atoms with van der Waals surface area (Å²) in [6.45, 7) is 4.29. The summed E-state index contributed by atoms with van der Waals surface area (Å²) in [5, 5.41) is 0. The Bertz CT molecular complexity index is 1270. The predicted octanol–water partition coefficient (Wildman–Crippen LogP) is 10.3. The van der Waals surface area contributed by atoms with Gasteiger partial charge in [-0.2, -0.15) is 0 Å². The van der Waals surface area contributed by atoms with E-state index < -0.39 is 23.3 Å². The Hall–Kier alpha value is -2.62. The van der Waals surface area contributed by atoms with Gasteiger partial charge in [0.05, 0.1) is 0 Å². The molecule has 0 N–H and O–H groups in total. The number of rotatable bonds is 8. The van der Waals surface area contributed by atoms with E-state index in [0.717, 1.165) is 44.1 Å². The standard InChI is InChI=1S/C33H36F4/c1-3-5-6-8-21-11-15-23(16-12-21)27-19-25-17-24-18-26(22-13-9-20(7-4-2)10-14-22)30(34)32(36)28(24)29(25)33(37)31(27)35/h9-10,13-14,18-19,21,23H,3-8,11-12,15-17H2,1-2H3. The molecule has 3 aromatic rings. The van der Waals surface area contributed by atoms with Crippen LogP contribution in [0, 0.1) is 29.2 Å². The summed E-state index contributed by atoms with van der Waals surface area (Å²) >= 11 is 0. The van der Waals surface area contributed by atoms with Gasteiger partial charge in [0.25, 0.3) is 0 Å². The normalized spacial score (nSPS) is 18.6. The number of aryl methyl sites for hydroxylation is 1. The summed E-state index contributed by atoms with van der Waals surface area (Å²) in [6, 6.07) is 10.8. The predicted molar refractivity (Wildman–Crippen MR) is 143 cm³/mol. The molecule has 0 atom stereocenters. The Balaban J connectivity index is 1.43. The van der Waals surface area contributed by atoms with Crippen molar-refractivity contribution in [2.75, 3.05) is 0 Å². The van der Waals surface area contributed by atoms with Gasteiger partial charge in [0.1, 0.15) is 0 Å². The molecule has 0 radical (unpaired) electrons. The van der Waals surface area contributed by atoms with E-state index in [-0.39, 0.29) is 29.0 Å². The van der Waals surface area contributed by atoms with Crippen LogP contribution in [-0.4, -0.2) is 0 Å². The smallest absolute Gasteiger partial charge is 0.167 e. The molecule has 0 bridgehead atoms. The van der Waals surface area contributed by atoms with Crippen LogP contribution in [0.1, 0.15) is 99.8 Å². The molecule has 0 amide bonds. The zero-order valence-corrected chi connectivity index (χ0v) is 21.9. The maximum Gasteiger partial charge on any atom is 0.167 e. The lowest BCUT2D eigenvalue weighted by molar-refractivity contribution is 0.298. The van der Waals surface area contributed by atoms with E-state index >= 15 is 17.6 Å². The molecule has 1 fully saturated rings. The van der Waals surface area contributed by atoms with Gasteiger partial charge in [0.15, 0.2) is 23.3 Å². The Morgan fingerprint density at radius 2 is 1.35 bits per heavy atom. The molecule has 0 nitrogen and oxygen atoms in total. The molecule has 4 heteroatoms. The van der Waals surface area contributed by atoms with Crippen molar-refractivity contribution in [3.05, 3.63) is 81.9 Å². The van der Waals surface area contributed by atoms with Gasteiger partial charge in [-0.05, 0) is 84.2 Å². The van der Waals surface area contributed by atoms with Crippen molar-refractivity contribution < 1.29 is 17.6 Å². The van der Waals surface area contributed by atoms with E-state index in [0.29, 0.717) is 28.2 Å². The Morgan fingerprint density at radius 3 is 2.00 bits per heavy atom. The molecular weight excluding hydrogens is 472 g/mol. The quantitative estimate of drug-likeness (QED) is 0.164. The topological polar surface area (TPSA) is 0 Å². The van der Waals surface area contributed by atoms with Crippen LogP contribution in [0.3, 0.4) is 0 Å². The summed E-state index contributed by atoms with van der Waals surface area (Å²) in [4.78, 5) is 0. The highest BCUT2D eigenvalue weighted by atomic mass is 19.2. The van der Waals surface area contributed by atoms with Crippen molar-refractivity contribution in [1.82, 2.24) is 0 Å². The van der Waals surface area contributed by atoms with E-state index in [9.17, 15) is 0 Å². The van der Waals surface area contributed by atoms with Crippen LogP contribution in [0.2, 0.25) is 0 Å². The summed E-state index contributed by atoms with van der Waals surface area (Å²) in [7, 11) is 0. The van der Waals surface area contributed by atoms with Gasteiger partial charge in [-0.3, -0.25) is 0 Å². The minimum absolute atomic E-state index is 0.0234. The minimum Gasteiger partial charge on any atom is -0.203 e. The van der Waals surface area contributed by atoms with Gasteiger partial charge in [-0.1, -0.05) is 76.3 Å². The van der Waals surface area contributed by atoms with Crippen molar-refractivity contribution >= 4 is 0 Å². The third-order valence-corrected chi connectivity index (χ3v) is 8.54. The zero-order chi connectivity index (χ0) is 26.1. The maximum atomic E-state index is 15.5. The SMILES string of the molecule is CCCCCC1CCC(c2cc3c(c(F)c2F)-c2c(cc(-c4ccc(CCC)cc4)c(F)c2F)C3)CC1. The lowest BCUT2D eigenvalue weighted by Crippen LogP contribution is -2.15. The lowest BCUT2D eigenvalue weighted by Gasteiger charge is -2.29. The fourth-order valence-electron chi connectivity index (χ4n) is 6.50. The Kier molecular flexibility index (Phi) is 7.74. The van der Waals surface area contributed by atoms with Crippen molar-refractivity contribution in [1.29, 1.82) is 0 Å². The largest absolute Gasteiger partial charge is 0.203 e. The molecule has 2 aliphatic carbocycles. The molecule has 0 heterocycles. The molecule has 0 aliphatic heterocycles. The number of halogens is 4. The van der Waals surface area contributed by atoms with E-state index in [1.54, 1.807) is 24.3 Å². The number of hydrogen-bond donors (Lipinski definition) is 0. The molecule has 0 aromatic heterocycles. The molecule has 196 valence electrons. The third-order valence-electron chi connectivity index (χ3n) is 8.54. The Labute approximate surface area is 218 Å². The van der Waals surface area contributed by atoms with Crippen LogP contribution in [-0.2, 0) is 12.8 Å². The van der Waals surface area contributed by atoms with Crippen LogP contribution < -0.4 is 0 Å². The number of fused-ring (bicyclic) bond motifs is 3. The first-order chi connectivity index (χ1) is 17.9. The molecule has 1 saturated carbocycles. The molecule has 3 aromatic carbocycles. The molecule has 5 rings (SSSR count). The zero-order valence-electron chi connectivity index (χ0n) is 21.9. The first-order valence-electron chi connectivity index (χ1n) is 14.0. The monoisotopic (exact) mass is 508 g/mol. The van der Waals surface area contributed by atoms with Crippen LogP contribution in [0.4, 0.5) is 17.6 Å². The maximum absolute atomic E-state index is 15.5. The van der Waals surface area contributed by atoms with Crippen molar-refractivity contribution in [2.24, 2.45) is 5.92 Å². The summed E-state index contributed by atoms with van der Waals surface area (Å²) in [5.41, 5.74) is 3.13. The number of benzene rings is 3. The summed E-state index contributed by atoms with van der Waals surface area (Å²) in [6.07, 6.45) is 10.9. The second kappa shape index (κ2) is 11.0. The van der Waals surface area contributed by atoms with Crippen LogP contribution in [0.25, 0.3) is 22.3 Å².